The van der Waals surface area contributed by atoms with Crippen LogP contribution in [0.15, 0.2) is 174 Å². The second-order valence-electron chi connectivity index (χ2n) is 14.8. The van der Waals surface area contributed by atoms with Crippen molar-refractivity contribution in [1.29, 1.82) is 0 Å². The molecule has 0 amide bonds. The minimum atomic E-state index is 0.920. The van der Waals surface area contributed by atoms with Gasteiger partial charge in [-0.25, -0.2) is 0 Å². The van der Waals surface area contributed by atoms with Gasteiger partial charge in [-0.15, -0.1) is 0 Å². The van der Waals surface area contributed by atoms with Crippen LogP contribution < -0.4 is 0 Å². The Bertz CT molecular complexity index is 3640. The summed E-state index contributed by atoms with van der Waals surface area (Å²) in [6.07, 6.45) is 0. The van der Waals surface area contributed by atoms with Crippen molar-refractivity contribution in [1.82, 2.24) is 0 Å². The summed E-state index contributed by atoms with van der Waals surface area (Å²) in [6.45, 7) is 0. The van der Waals surface area contributed by atoms with Crippen LogP contribution in [0.4, 0.5) is 0 Å². The quantitative estimate of drug-likeness (QED) is 0.167. The van der Waals surface area contributed by atoms with Gasteiger partial charge in [0.1, 0.15) is 11.2 Å². The third-order valence-electron chi connectivity index (χ3n) is 12.1. The van der Waals surface area contributed by atoms with Crippen LogP contribution in [-0.4, -0.2) is 0 Å². The largest absolute Gasteiger partial charge is 0.455 e. The van der Waals surface area contributed by atoms with E-state index >= 15 is 0 Å². The number of hydrogen-bond acceptors (Lipinski definition) is 1. The normalized spacial score (nSPS) is 12.5. The minimum absolute atomic E-state index is 0.920. The molecular formula is C52H28O. The predicted octanol–water partition coefficient (Wildman–Crippen LogP) is 15.0. The molecule has 0 fully saturated rings. The average Bonchev–Trinajstić information content (AvgIpc) is 3.58. The highest BCUT2D eigenvalue weighted by Gasteiger charge is 2.21. The Hall–Kier alpha value is -6.96. The van der Waals surface area contributed by atoms with Crippen molar-refractivity contribution in [3.8, 4) is 22.3 Å². The van der Waals surface area contributed by atoms with Crippen molar-refractivity contribution in [2.45, 2.75) is 0 Å². The third-order valence-corrected chi connectivity index (χ3v) is 12.1. The first-order chi connectivity index (χ1) is 26.2. The zero-order valence-corrected chi connectivity index (χ0v) is 28.6. The molecule has 0 bridgehead atoms. The minimum Gasteiger partial charge on any atom is -0.455 e. The molecule has 0 unspecified atom stereocenters. The number of furan rings is 1. The van der Waals surface area contributed by atoms with E-state index in [0.29, 0.717) is 0 Å². The maximum Gasteiger partial charge on any atom is 0.143 e. The van der Waals surface area contributed by atoms with E-state index in [1.807, 2.05) is 0 Å². The van der Waals surface area contributed by atoms with Gasteiger partial charge < -0.3 is 4.42 Å². The van der Waals surface area contributed by atoms with Gasteiger partial charge in [-0.05, 0) is 133 Å². The summed E-state index contributed by atoms with van der Waals surface area (Å²) in [4.78, 5) is 0. The van der Waals surface area contributed by atoms with Crippen LogP contribution in [-0.2, 0) is 0 Å². The maximum atomic E-state index is 6.95. The fourth-order valence-corrected chi connectivity index (χ4v) is 9.70. The first-order valence-electron chi connectivity index (χ1n) is 18.4. The van der Waals surface area contributed by atoms with Crippen molar-refractivity contribution >= 4 is 108 Å². The van der Waals surface area contributed by atoms with Gasteiger partial charge in [0.15, 0.2) is 0 Å². The molecule has 1 nitrogen and oxygen atoms in total. The average molecular weight is 669 g/mol. The first kappa shape index (κ1) is 27.7. The zero-order valence-electron chi connectivity index (χ0n) is 28.6. The second-order valence-corrected chi connectivity index (χ2v) is 14.8. The standard InChI is InChI=1S/C52H28O/c1-2-6-36-28-46-44(26-35(36)5-1)43-24-19-37-25-38(39-20-15-33-13-11-29-7-3-9-31-17-22-41(39)49(33)47(29)31)27-45(51(37)52(43)53-46)40-21-16-34-14-12-30-8-4-10-32-18-23-42(40)50(34)48(30)32/h1-28H. The van der Waals surface area contributed by atoms with Crippen LogP contribution in [0.3, 0.4) is 0 Å². The van der Waals surface area contributed by atoms with Crippen molar-refractivity contribution in [2.24, 2.45) is 0 Å². The molecule has 1 heterocycles. The number of fused-ring (bicyclic) bond motifs is 6. The molecule has 242 valence electrons. The van der Waals surface area contributed by atoms with Gasteiger partial charge in [0.05, 0.1) is 0 Å². The molecule has 0 spiro atoms. The van der Waals surface area contributed by atoms with Crippen LogP contribution in [0.2, 0.25) is 0 Å². The summed E-state index contributed by atoms with van der Waals surface area (Å²) < 4.78 is 6.95. The highest BCUT2D eigenvalue weighted by atomic mass is 16.3. The monoisotopic (exact) mass is 668 g/mol. The van der Waals surface area contributed by atoms with Crippen molar-refractivity contribution in [3.63, 3.8) is 0 Å². The predicted molar refractivity (Wildman–Crippen MR) is 227 cm³/mol. The SMILES string of the molecule is c1ccc2cc3c(cc2c1)oc1c3ccc2cc(-c3ccc4ccc5cccc6ccc3c4c56)cc(-c3ccc4ccc5cccc6ccc3c4c56)c21. The maximum absolute atomic E-state index is 6.95. The summed E-state index contributed by atoms with van der Waals surface area (Å²) in [6, 6.07) is 63.3. The summed E-state index contributed by atoms with van der Waals surface area (Å²) in [5.74, 6) is 0. The van der Waals surface area contributed by atoms with Gasteiger partial charge in [0.25, 0.3) is 0 Å². The Kier molecular flexibility index (Phi) is 5.17. The Morgan fingerprint density at radius 3 is 1.42 bits per heavy atom. The van der Waals surface area contributed by atoms with Crippen molar-refractivity contribution < 1.29 is 4.42 Å². The lowest BCUT2D eigenvalue weighted by molar-refractivity contribution is 0.673. The highest BCUT2D eigenvalue weighted by molar-refractivity contribution is 6.29. The summed E-state index contributed by atoms with van der Waals surface area (Å²) >= 11 is 0. The first-order valence-corrected chi connectivity index (χ1v) is 18.4. The molecule has 0 saturated heterocycles. The molecule has 0 saturated carbocycles. The van der Waals surface area contributed by atoms with E-state index < -0.39 is 0 Å². The topological polar surface area (TPSA) is 13.1 Å². The molecule has 13 aromatic rings. The fourth-order valence-electron chi connectivity index (χ4n) is 9.70. The molecule has 13 rings (SSSR count). The van der Waals surface area contributed by atoms with Gasteiger partial charge in [-0.3, -0.25) is 0 Å². The van der Waals surface area contributed by atoms with Gasteiger partial charge >= 0.3 is 0 Å². The summed E-state index contributed by atoms with van der Waals surface area (Å²) in [7, 11) is 0. The fraction of sp³-hybridized carbons (Fsp3) is 0. The van der Waals surface area contributed by atoms with Crippen LogP contribution in [0.1, 0.15) is 0 Å². The molecule has 12 aromatic carbocycles. The van der Waals surface area contributed by atoms with E-state index in [4.69, 9.17) is 4.42 Å². The number of rotatable bonds is 2. The van der Waals surface area contributed by atoms with Crippen LogP contribution >= 0.6 is 0 Å². The van der Waals surface area contributed by atoms with Gasteiger partial charge in [-0.2, -0.15) is 0 Å². The molecule has 1 heteroatoms. The van der Waals surface area contributed by atoms with Crippen molar-refractivity contribution in [3.05, 3.63) is 170 Å². The van der Waals surface area contributed by atoms with E-state index in [1.165, 1.54) is 103 Å². The van der Waals surface area contributed by atoms with Gasteiger partial charge in [-0.1, -0.05) is 140 Å². The molecule has 0 aliphatic rings. The Labute approximate surface area is 303 Å². The molecule has 0 aliphatic carbocycles. The Balaban J connectivity index is 1.18. The third kappa shape index (κ3) is 3.66. The Morgan fingerprint density at radius 2 is 0.755 bits per heavy atom. The lowest BCUT2D eigenvalue weighted by Gasteiger charge is -2.18. The molecule has 0 aliphatic heterocycles. The van der Waals surface area contributed by atoms with E-state index in [0.717, 1.165) is 27.3 Å². The molecule has 1 aromatic heterocycles. The molecule has 53 heavy (non-hydrogen) atoms. The van der Waals surface area contributed by atoms with Crippen molar-refractivity contribution in [2.75, 3.05) is 0 Å². The van der Waals surface area contributed by atoms with Crippen LogP contribution in [0.5, 0.6) is 0 Å². The lowest BCUT2D eigenvalue weighted by atomic mass is 9.85. The second kappa shape index (κ2) is 9.88. The van der Waals surface area contributed by atoms with Gasteiger partial charge in [0, 0.05) is 16.2 Å². The lowest BCUT2D eigenvalue weighted by Crippen LogP contribution is -1.91. The number of hydrogen-bond donors (Lipinski definition) is 0. The highest BCUT2D eigenvalue weighted by Crippen LogP contribution is 2.47. The zero-order chi connectivity index (χ0) is 34.4. The summed E-state index contributed by atoms with van der Waals surface area (Å²) in [5, 5.41) is 22.6. The molecule has 0 N–H and O–H groups in total. The molecular weight excluding hydrogens is 641 g/mol. The smallest absolute Gasteiger partial charge is 0.143 e. The van der Waals surface area contributed by atoms with E-state index in [9.17, 15) is 0 Å². The van der Waals surface area contributed by atoms with E-state index in [2.05, 4.69) is 170 Å². The number of benzene rings is 12. The molecule has 0 atom stereocenters. The molecule has 0 radical (unpaired) electrons. The van der Waals surface area contributed by atoms with Crippen LogP contribution in [0, 0.1) is 0 Å². The summed E-state index contributed by atoms with van der Waals surface area (Å²) in [5.41, 5.74) is 6.72. The van der Waals surface area contributed by atoms with E-state index in [1.54, 1.807) is 0 Å². The van der Waals surface area contributed by atoms with E-state index in [-0.39, 0.29) is 0 Å². The van der Waals surface area contributed by atoms with Gasteiger partial charge in [0.2, 0.25) is 0 Å². The Morgan fingerprint density at radius 1 is 0.264 bits per heavy atom. The van der Waals surface area contributed by atoms with Crippen LogP contribution in [0.25, 0.3) is 130 Å².